The van der Waals surface area contributed by atoms with Crippen LogP contribution in [0.3, 0.4) is 0 Å². The maximum Gasteiger partial charge on any atom is 0.317 e. The maximum atomic E-state index is 12.1. The summed E-state index contributed by atoms with van der Waals surface area (Å²) in [4.78, 5) is 14.0. The summed E-state index contributed by atoms with van der Waals surface area (Å²) in [5, 5.41) is 12.7. The average molecular weight is 254 g/mol. The van der Waals surface area contributed by atoms with Gasteiger partial charge in [0.2, 0.25) is 0 Å². The number of carbonyl (C=O) groups is 1. The molecule has 104 valence electrons. The molecule has 4 nitrogen and oxygen atoms in total. The van der Waals surface area contributed by atoms with Crippen LogP contribution < -0.4 is 5.32 Å². The van der Waals surface area contributed by atoms with Crippen molar-refractivity contribution < 1.29 is 9.90 Å². The molecule has 0 bridgehead atoms. The fourth-order valence-electron chi connectivity index (χ4n) is 3.19. The van der Waals surface area contributed by atoms with Crippen molar-refractivity contribution in [2.24, 2.45) is 11.8 Å². The molecule has 1 aliphatic heterocycles. The third-order valence-electron chi connectivity index (χ3n) is 4.68. The summed E-state index contributed by atoms with van der Waals surface area (Å²) in [7, 11) is 0. The minimum absolute atomic E-state index is 0.0952. The zero-order valence-electron chi connectivity index (χ0n) is 11.6. The van der Waals surface area contributed by atoms with E-state index in [1.54, 1.807) is 0 Å². The predicted molar refractivity (Wildman–Crippen MR) is 71.3 cm³/mol. The normalized spacial score (nSPS) is 31.4. The van der Waals surface area contributed by atoms with Crippen LogP contribution in [0.4, 0.5) is 4.79 Å². The summed E-state index contributed by atoms with van der Waals surface area (Å²) in [6.07, 6.45) is 5.18. The molecule has 4 heteroatoms. The second kappa shape index (κ2) is 5.91. The predicted octanol–water partition coefficient (Wildman–Crippen LogP) is 1.98. The van der Waals surface area contributed by atoms with Gasteiger partial charge in [-0.05, 0) is 44.4 Å². The van der Waals surface area contributed by atoms with Gasteiger partial charge < -0.3 is 15.3 Å². The quantitative estimate of drug-likeness (QED) is 0.791. The van der Waals surface area contributed by atoms with Gasteiger partial charge in [0.1, 0.15) is 0 Å². The Hall–Kier alpha value is -0.770. The topological polar surface area (TPSA) is 52.6 Å². The SMILES string of the molecule is CC(O)C1CCN(C(=O)NC2CCCC2C)CC1. The molecule has 2 rings (SSSR count). The van der Waals surface area contributed by atoms with E-state index in [1.165, 1.54) is 12.8 Å². The van der Waals surface area contributed by atoms with E-state index in [9.17, 15) is 9.90 Å². The number of piperidine rings is 1. The molecule has 3 atom stereocenters. The molecule has 2 aliphatic rings. The molecular formula is C14H26N2O2. The molecule has 0 spiro atoms. The first-order chi connectivity index (χ1) is 8.58. The standard InChI is InChI=1S/C14H26N2O2/c1-10-4-3-5-13(10)15-14(18)16-8-6-12(7-9-16)11(2)17/h10-13,17H,3-9H2,1-2H3,(H,15,18). The molecule has 1 aliphatic carbocycles. The highest BCUT2D eigenvalue weighted by molar-refractivity contribution is 5.74. The highest BCUT2D eigenvalue weighted by atomic mass is 16.3. The number of carbonyl (C=O) groups excluding carboxylic acids is 1. The number of amides is 2. The van der Waals surface area contributed by atoms with Gasteiger partial charge in [-0.2, -0.15) is 0 Å². The molecule has 0 aromatic heterocycles. The Morgan fingerprint density at radius 1 is 1.28 bits per heavy atom. The summed E-state index contributed by atoms with van der Waals surface area (Å²) >= 11 is 0. The second-order valence-electron chi connectivity index (χ2n) is 6.03. The van der Waals surface area contributed by atoms with Crippen LogP contribution in [0.15, 0.2) is 0 Å². The Balaban J connectivity index is 1.77. The average Bonchev–Trinajstić information content (AvgIpc) is 2.75. The molecule has 1 heterocycles. The van der Waals surface area contributed by atoms with E-state index in [0.717, 1.165) is 32.4 Å². The van der Waals surface area contributed by atoms with Crippen LogP contribution in [0.2, 0.25) is 0 Å². The van der Waals surface area contributed by atoms with Crippen LogP contribution in [0, 0.1) is 11.8 Å². The molecule has 2 amide bonds. The van der Waals surface area contributed by atoms with Gasteiger partial charge in [-0.1, -0.05) is 13.3 Å². The van der Waals surface area contributed by atoms with Gasteiger partial charge in [0.25, 0.3) is 0 Å². The number of likely N-dealkylation sites (tertiary alicyclic amines) is 1. The molecule has 1 saturated carbocycles. The Morgan fingerprint density at radius 2 is 1.94 bits per heavy atom. The first kappa shape index (κ1) is 13.7. The molecule has 0 aromatic carbocycles. The Labute approximate surface area is 110 Å². The van der Waals surface area contributed by atoms with Crippen LogP contribution in [0.25, 0.3) is 0 Å². The Morgan fingerprint density at radius 3 is 2.44 bits per heavy atom. The van der Waals surface area contributed by atoms with Crippen molar-refractivity contribution in [1.82, 2.24) is 10.2 Å². The molecule has 2 N–H and O–H groups in total. The van der Waals surface area contributed by atoms with E-state index in [4.69, 9.17) is 0 Å². The van der Waals surface area contributed by atoms with Crippen LogP contribution in [0.5, 0.6) is 0 Å². The molecule has 18 heavy (non-hydrogen) atoms. The number of rotatable bonds is 2. The van der Waals surface area contributed by atoms with Gasteiger partial charge in [-0.25, -0.2) is 4.79 Å². The number of hydrogen-bond acceptors (Lipinski definition) is 2. The van der Waals surface area contributed by atoms with E-state index in [2.05, 4.69) is 12.2 Å². The monoisotopic (exact) mass is 254 g/mol. The molecule has 0 aromatic rings. The van der Waals surface area contributed by atoms with Crippen molar-refractivity contribution in [2.75, 3.05) is 13.1 Å². The van der Waals surface area contributed by atoms with Gasteiger partial charge in [0.15, 0.2) is 0 Å². The largest absolute Gasteiger partial charge is 0.393 e. The Bertz CT molecular complexity index is 286. The molecule has 2 fully saturated rings. The zero-order valence-corrected chi connectivity index (χ0v) is 11.6. The molecular weight excluding hydrogens is 228 g/mol. The summed E-state index contributed by atoms with van der Waals surface area (Å²) in [5.74, 6) is 0.975. The summed E-state index contributed by atoms with van der Waals surface area (Å²) in [6, 6.07) is 0.463. The number of aliphatic hydroxyl groups is 1. The van der Waals surface area contributed by atoms with Gasteiger partial charge in [0.05, 0.1) is 6.10 Å². The lowest BCUT2D eigenvalue weighted by Gasteiger charge is -2.34. The third-order valence-corrected chi connectivity index (χ3v) is 4.68. The van der Waals surface area contributed by atoms with E-state index in [-0.39, 0.29) is 12.1 Å². The van der Waals surface area contributed by atoms with E-state index >= 15 is 0 Å². The van der Waals surface area contributed by atoms with Crippen LogP contribution in [0.1, 0.15) is 46.0 Å². The van der Waals surface area contributed by atoms with Gasteiger partial charge in [-0.3, -0.25) is 0 Å². The lowest BCUT2D eigenvalue weighted by molar-refractivity contribution is 0.0791. The molecule has 0 radical (unpaired) electrons. The fourth-order valence-corrected chi connectivity index (χ4v) is 3.19. The van der Waals surface area contributed by atoms with Crippen molar-refractivity contribution in [3.05, 3.63) is 0 Å². The summed E-state index contributed by atoms with van der Waals surface area (Å²) < 4.78 is 0. The number of urea groups is 1. The first-order valence-corrected chi connectivity index (χ1v) is 7.31. The number of hydrogen-bond donors (Lipinski definition) is 2. The van der Waals surface area contributed by atoms with Crippen molar-refractivity contribution in [3.8, 4) is 0 Å². The lowest BCUT2D eigenvalue weighted by atomic mass is 9.92. The Kier molecular flexibility index (Phi) is 4.49. The van der Waals surface area contributed by atoms with Gasteiger partial charge in [0, 0.05) is 19.1 Å². The molecule has 1 saturated heterocycles. The highest BCUT2D eigenvalue weighted by Gasteiger charge is 2.29. The van der Waals surface area contributed by atoms with Crippen LogP contribution in [-0.2, 0) is 0 Å². The first-order valence-electron chi connectivity index (χ1n) is 7.31. The van der Waals surface area contributed by atoms with Gasteiger partial charge in [-0.15, -0.1) is 0 Å². The minimum Gasteiger partial charge on any atom is -0.393 e. The van der Waals surface area contributed by atoms with Crippen molar-refractivity contribution in [3.63, 3.8) is 0 Å². The van der Waals surface area contributed by atoms with Crippen molar-refractivity contribution >= 4 is 6.03 Å². The lowest BCUT2D eigenvalue weighted by Crippen LogP contribution is -2.49. The van der Waals surface area contributed by atoms with E-state index in [1.807, 2.05) is 11.8 Å². The fraction of sp³-hybridized carbons (Fsp3) is 0.929. The van der Waals surface area contributed by atoms with Crippen molar-refractivity contribution in [2.45, 2.75) is 58.1 Å². The summed E-state index contributed by atoms with van der Waals surface area (Å²) in [5.41, 5.74) is 0. The minimum atomic E-state index is -0.245. The van der Waals surface area contributed by atoms with E-state index < -0.39 is 0 Å². The van der Waals surface area contributed by atoms with Crippen LogP contribution >= 0.6 is 0 Å². The van der Waals surface area contributed by atoms with Gasteiger partial charge >= 0.3 is 6.03 Å². The second-order valence-corrected chi connectivity index (χ2v) is 6.03. The number of aliphatic hydroxyl groups excluding tert-OH is 1. The maximum absolute atomic E-state index is 12.1. The third kappa shape index (κ3) is 3.16. The smallest absolute Gasteiger partial charge is 0.317 e. The van der Waals surface area contributed by atoms with Crippen LogP contribution in [-0.4, -0.2) is 41.3 Å². The summed E-state index contributed by atoms with van der Waals surface area (Å²) in [6.45, 7) is 5.63. The number of nitrogens with zero attached hydrogens (tertiary/aromatic N) is 1. The van der Waals surface area contributed by atoms with E-state index in [0.29, 0.717) is 17.9 Å². The number of nitrogens with one attached hydrogen (secondary N) is 1. The zero-order chi connectivity index (χ0) is 13.1. The highest BCUT2D eigenvalue weighted by Crippen LogP contribution is 2.25. The molecule has 3 unspecified atom stereocenters. The van der Waals surface area contributed by atoms with Crippen molar-refractivity contribution in [1.29, 1.82) is 0 Å².